The van der Waals surface area contributed by atoms with Crippen LogP contribution in [0.1, 0.15) is 30.9 Å². The predicted molar refractivity (Wildman–Crippen MR) is 48.5 cm³/mol. The van der Waals surface area contributed by atoms with E-state index in [1.165, 1.54) is 0 Å². The first-order valence-corrected chi connectivity index (χ1v) is 4.73. The van der Waals surface area contributed by atoms with Crippen LogP contribution < -0.4 is 0 Å². The van der Waals surface area contributed by atoms with E-state index in [-0.39, 0.29) is 17.8 Å². The lowest BCUT2D eigenvalue weighted by molar-refractivity contribution is 0.0731. The Kier molecular flexibility index (Phi) is 2.18. The van der Waals surface area contributed by atoms with Crippen LogP contribution in [0.5, 0.6) is 0 Å². The zero-order valence-corrected chi connectivity index (χ0v) is 8.27. The number of hydrogen-bond acceptors (Lipinski definition) is 4. The summed E-state index contributed by atoms with van der Waals surface area (Å²) in [5.41, 5.74) is 0. The summed E-state index contributed by atoms with van der Waals surface area (Å²) >= 11 is 0. The number of aromatic amines is 1. The number of H-pyrrole nitrogens is 1. The number of tetrazole rings is 1. The van der Waals surface area contributed by atoms with Gasteiger partial charge in [-0.15, -0.1) is 10.2 Å². The van der Waals surface area contributed by atoms with Crippen LogP contribution in [0, 0.1) is 5.92 Å². The van der Waals surface area contributed by atoms with Gasteiger partial charge < -0.3 is 4.90 Å². The maximum absolute atomic E-state index is 11.8. The summed E-state index contributed by atoms with van der Waals surface area (Å²) in [5, 5.41) is 13.0. The quantitative estimate of drug-likeness (QED) is 0.688. The Hall–Kier alpha value is -1.46. The first-order valence-electron chi connectivity index (χ1n) is 4.73. The summed E-state index contributed by atoms with van der Waals surface area (Å²) in [5.74, 6) is 0.586. The monoisotopic (exact) mass is 195 g/mol. The molecule has 1 aromatic heterocycles. The van der Waals surface area contributed by atoms with E-state index < -0.39 is 0 Å². The van der Waals surface area contributed by atoms with E-state index in [0.717, 1.165) is 13.0 Å². The van der Waals surface area contributed by atoms with Gasteiger partial charge in [-0.1, -0.05) is 6.92 Å². The van der Waals surface area contributed by atoms with Gasteiger partial charge in [0.25, 0.3) is 11.7 Å². The van der Waals surface area contributed by atoms with Crippen LogP contribution in [0.2, 0.25) is 0 Å². The molecular formula is C8H13N5O. The fourth-order valence-electron chi connectivity index (χ4n) is 1.96. The molecule has 0 aliphatic carbocycles. The van der Waals surface area contributed by atoms with Crippen LogP contribution in [-0.4, -0.2) is 44.0 Å². The molecule has 0 bridgehead atoms. The van der Waals surface area contributed by atoms with Crippen LogP contribution >= 0.6 is 0 Å². The number of amides is 1. The molecule has 0 spiro atoms. The number of nitrogens with zero attached hydrogens (tertiary/aromatic N) is 4. The summed E-state index contributed by atoms with van der Waals surface area (Å²) < 4.78 is 0. The van der Waals surface area contributed by atoms with E-state index in [2.05, 4.69) is 27.5 Å². The molecule has 2 atom stereocenters. The lowest BCUT2D eigenvalue weighted by atomic mass is 10.1. The van der Waals surface area contributed by atoms with Crippen LogP contribution in [0.25, 0.3) is 0 Å². The van der Waals surface area contributed by atoms with Crippen LogP contribution in [0.3, 0.4) is 0 Å². The first-order chi connectivity index (χ1) is 6.68. The van der Waals surface area contributed by atoms with Gasteiger partial charge in [-0.2, -0.15) is 5.21 Å². The van der Waals surface area contributed by atoms with Gasteiger partial charge in [0.2, 0.25) is 0 Å². The van der Waals surface area contributed by atoms with Crippen molar-refractivity contribution in [2.24, 2.45) is 5.92 Å². The lowest BCUT2D eigenvalue weighted by Gasteiger charge is -2.19. The third kappa shape index (κ3) is 1.47. The Balaban J connectivity index is 2.13. The molecule has 1 N–H and O–H groups in total. The van der Waals surface area contributed by atoms with E-state index in [1.807, 2.05) is 6.92 Å². The molecule has 2 heterocycles. The van der Waals surface area contributed by atoms with Crippen molar-refractivity contribution in [1.29, 1.82) is 0 Å². The molecule has 1 fully saturated rings. The summed E-state index contributed by atoms with van der Waals surface area (Å²) in [7, 11) is 0. The maximum atomic E-state index is 11.8. The van der Waals surface area contributed by atoms with Gasteiger partial charge in [0, 0.05) is 12.6 Å². The van der Waals surface area contributed by atoms with Gasteiger partial charge in [-0.05, 0) is 24.5 Å². The van der Waals surface area contributed by atoms with Crippen molar-refractivity contribution >= 4 is 5.91 Å². The summed E-state index contributed by atoms with van der Waals surface area (Å²) in [6.07, 6.45) is 1.05. The number of rotatable bonds is 1. The fraction of sp³-hybridized carbons (Fsp3) is 0.750. The van der Waals surface area contributed by atoms with Crippen molar-refractivity contribution in [2.45, 2.75) is 26.3 Å². The Labute approximate surface area is 81.7 Å². The van der Waals surface area contributed by atoms with Crippen LogP contribution in [-0.2, 0) is 0 Å². The summed E-state index contributed by atoms with van der Waals surface area (Å²) in [4.78, 5) is 13.6. The van der Waals surface area contributed by atoms with E-state index in [0.29, 0.717) is 5.92 Å². The van der Waals surface area contributed by atoms with E-state index in [4.69, 9.17) is 0 Å². The molecule has 14 heavy (non-hydrogen) atoms. The molecule has 1 aromatic rings. The van der Waals surface area contributed by atoms with Gasteiger partial charge in [-0.3, -0.25) is 4.79 Å². The fourth-order valence-corrected chi connectivity index (χ4v) is 1.96. The molecule has 6 heteroatoms. The van der Waals surface area contributed by atoms with Crippen LogP contribution in [0.4, 0.5) is 0 Å². The molecule has 0 radical (unpaired) electrons. The Bertz CT molecular complexity index is 322. The lowest BCUT2D eigenvalue weighted by Crippen LogP contribution is -2.34. The standard InChI is InChI=1S/C8H13N5O/c1-5-3-6(2)13(4-5)8(14)7-9-11-12-10-7/h5-6H,3-4H2,1-2H3,(H,9,10,11,12). The average Bonchev–Trinajstić information content (AvgIpc) is 2.73. The molecule has 0 saturated carbocycles. The highest BCUT2D eigenvalue weighted by Crippen LogP contribution is 2.23. The van der Waals surface area contributed by atoms with Crippen molar-refractivity contribution in [3.05, 3.63) is 5.82 Å². The van der Waals surface area contributed by atoms with E-state index in [9.17, 15) is 4.79 Å². The Morgan fingerprint density at radius 1 is 1.57 bits per heavy atom. The zero-order valence-electron chi connectivity index (χ0n) is 8.27. The molecular weight excluding hydrogens is 182 g/mol. The van der Waals surface area contributed by atoms with E-state index in [1.54, 1.807) is 4.90 Å². The topological polar surface area (TPSA) is 74.8 Å². The molecule has 2 unspecified atom stereocenters. The van der Waals surface area contributed by atoms with Gasteiger partial charge in [-0.25, -0.2) is 0 Å². The highest BCUT2D eigenvalue weighted by atomic mass is 16.2. The average molecular weight is 195 g/mol. The maximum Gasteiger partial charge on any atom is 0.295 e. The van der Waals surface area contributed by atoms with E-state index >= 15 is 0 Å². The van der Waals surface area contributed by atoms with Gasteiger partial charge in [0.15, 0.2) is 0 Å². The minimum absolute atomic E-state index is 0.129. The number of hydrogen-bond donors (Lipinski definition) is 1. The Morgan fingerprint density at radius 3 is 2.86 bits per heavy atom. The van der Waals surface area contributed by atoms with Crippen molar-refractivity contribution in [3.63, 3.8) is 0 Å². The van der Waals surface area contributed by atoms with Crippen molar-refractivity contribution in [2.75, 3.05) is 6.54 Å². The molecule has 1 saturated heterocycles. The second-order valence-electron chi connectivity index (χ2n) is 3.88. The number of likely N-dealkylation sites (tertiary alicyclic amines) is 1. The number of carbonyl (C=O) groups is 1. The largest absolute Gasteiger partial charge is 0.333 e. The van der Waals surface area contributed by atoms with Crippen molar-refractivity contribution in [1.82, 2.24) is 25.5 Å². The molecule has 6 nitrogen and oxygen atoms in total. The highest BCUT2D eigenvalue weighted by Gasteiger charge is 2.32. The molecule has 0 aromatic carbocycles. The predicted octanol–water partition coefficient (Wildman–Crippen LogP) is 0.0702. The summed E-state index contributed by atoms with van der Waals surface area (Å²) in [6.45, 7) is 4.97. The minimum atomic E-state index is -0.129. The van der Waals surface area contributed by atoms with Crippen molar-refractivity contribution < 1.29 is 4.79 Å². The smallest absolute Gasteiger partial charge is 0.295 e. The molecule has 1 amide bonds. The summed E-state index contributed by atoms with van der Waals surface area (Å²) in [6, 6.07) is 0.274. The first kappa shape index (κ1) is 9.11. The van der Waals surface area contributed by atoms with Crippen molar-refractivity contribution in [3.8, 4) is 0 Å². The van der Waals surface area contributed by atoms with Gasteiger partial charge in [0.1, 0.15) is 0 Å². The molecule has 2 rings (SSSR count). The number of nitrogens with one attached hydrogen (secondary N) is 1. The molecule has 1 aliphatic rings. The van der Waals surface area contributed by atoms with Gasteiger partial charge in [0.05, 0.1) is 0 Å². The second-order valence-corrected chi connectivity index (χ2v) is 3.88. The number of carbonyl (C=O) groups excluding carboxylic acids is 1. The number of aromatic nitrogens is 4. The normalized spacial score (nSPS) is 26.9. The third-order valence-electron chi connectivity index (χ3n) is 2.58. The molecule has 76 valence electrons. The third-order valence-corrected chi connectivity index (χ3v) is 2.58. The zero-order chi connectivity index (χ0) is 10.1. The Morgan fingerprint density at radius 2 is 2.36 bits per heavy atom. The highest BCUT2D eigenvalue weighted by molar-refractivity contribution is 5.90. The SMILES string of the molecule is CC1CC(C)N(C(=O)c2nn[nH]n2)C1. The minimum Gasteiger partial charge on any atom is -0.333 e. The second kappa shape index (κ2) is 3.36. The molecule has 1 aliphatic heterocycles. The van der Waals surface area contributed by atoms with Gasteiger partial charge >= 0.3 is 0 Å². The van der Waals surface area contributed by atoms with Crippen LogP contribution in [0.15, 0.2) is 0 Å².